The molecule has 0 fully saturated rings. The molecule has 1 amide bonds. The first-order valence-corrected chi connectivity index (χ1v) is 7.80. The maximum atomic E-state index is 12.3. The van der Waals surface area contributed by atoms with E-state index in [4.69, 9.17) is 11.6 Å². The lowest BCUT2D eigenvalue weighted by Crippen LogP contribution is -2.10. The number of rotatable bonds is 3. The quantitative estimate of drug-likeness (QED) is 0.756. The van der Waals surface area contributed by atoms with Crippen LogP contribution in [0.15, 0.2) is 42.7 Å². The van der Waals surface area contributed by atoms with Gasteiger partial charge in [-0.2, -0.15) is 0 Å². The zero-order valence-corrected chi connectivity index (χ0v) is 13.0. The molecule has 3 aromatic rings. The molecule has 0 aliphatic carbocycles. The Balaban J connectivity index is 1.96. The first kappa shape index (κ1) is 14.0. The number of hydrogen-bond acceptors (Lipinski definition) is 3. The third-order valence-corrected chi connectivity index (χ3v) is 4.88. The van der Waals surface area contributed by atoms with E-state index >= 15 is 0 Å². The molecule has 0 spiro atoms. The molecule has 3 rings (SSSR count). The Morgan fingerprint density at radius 3 is 2.95 bits per heavy atom. The van der Waals surface area contributed by atoms with Crippen LogP contribution in [-0.4, -0.2) is 10.9 Å². The number of anilines is 1. The third kappa shape index (κ3) is 2.77. The molecule has 21 heavy (non-hydrogen) atoms. The van der Waals surface area contributed by atoms with Crippen LogP contribution in [0.2, 0.25) is 5.02 Å². The van der Waals surface area contributed by atoms with Crippen LogP contribution < -0.4 is 5.32 Å². The second-order valence-corrected chi connectivity index (χ2v) is 6.06. The zero-order valence-electron chi connectivity index (χ0n) is 11.4. The summed E-state index contributed by atoms with van der Waals surface area (Å²) in [5.41, 5.74) is 1.89. The smallest absolute Gasteiger partial charge is 0.267 e. The van der Waals surface area contributed by atoms with Crippen molar-refractivity contribution in [1.82, 2.24) is 4.98 Å². The van der Waals surface area contributed by atoms with Crippen LogP contribution in [0.1, 0.15) is 22.2 Å². The van der Waals surface area contributed by atoms with Crippen LogP contribution >= 0.6 is 22.9 Å². The number of fused-ring (bicyclic) bond motifs is 1. The van der Waals surface area contributed by atoms with E-state index in [9.17, 15) is 4.79 Å². The van der Waals surface area contributed by atoms with E-state index in [0.29, 0.717) is 15.6 Å². The number of aromatic nitrogens is 1. The predicted molar refractivity (Wildman–Crippen MR) is 88.4 cm³/mol. The molecule has 0 bridgehead atoms. The Morgan fingerprint density at radius 1 is 1.38 bits per heavy atom. The van der Waals surface area contributed by atoms with E-state index in [2.05, 4.69) is 23.3 Å². The van der Waals surface area contributed by atoms with E-state index in [0.717, 1.165) is 16.5 Å². The molecule has 1 N–H and O–H groups in total. The lowest BCUT2D eigenvalue weighted by atomic mass is 10.1. The van der Waals surface area contributed by atoms with Crippen molar-refractivity contribution in [2.75, 3.05) is 5.32 Å². The highest BCUT2D eigenvalue weighted by Crippen LogP contribution is 2.36. The summed E-state index contributed by atoms with van der Waals surface area (Å²) in [7, 11) is 0. The minimum atomic E-state index is -0.202. The van der Waals surface area contributed by atoms with Gasteiger partial charge in [-0.25, -0.2) is 0 Å². The van der Waals surface area contributed by atoms with Gasteiger partial charge in [0, 0.05) is 16.3 Å². The van der Waals surface area contributed by atoms with Gasteiger partial charge in [0.15, 0.2) is 0 Å². The lowest BCUT2D eigenvalue weighted by molar-refractivity contribution is 0.103. The van der Waals surface area contributed by atoms with Gasteiger partial charge in [-0.05, 0) is 30.2 Å². The van der Waals surface area contributed by atoms with Crippen LogP contribution in [-0.2, 0) is 6.42 Å². The topological polar surface area (TPSA) is 42.0 Å². The molecule has 0 saturated heterocycles. The maximum absolute atomic E-state index is 12.3. The van der Waals surface area contributed by atoms with Gasteiger partial charge >= 0.3 is 0 Å². The third-order valence-electron chi connectivity index (χ3n) is 3.23. The van der Waals surface area contributed by atoms with Crippen LogP contribution in [0.3, 0.4) is 0 Å². The van der Waals surface area contributed by atoms with Crippen LogP contribution in [0, 0.1) is 0 Å². The molecule has 0 atom stereocenters. The summed E-state index contributed by atoms with van der Waals surface area (Å²) >= 11 is 7.76. The highest BCUT2D eigenvalue weighted by Gasteiger charge is 2.17. The summed E-state index contributed by atoms with van der Waals surface area (Å²) in [6.07, 6.45) is 4.23. The van der Waals surface area contributed by atoms with Crippen molar-refractivity contribution in [3.8, 4) is 0 Å². The van der Waals surface area contributed by atoms with Crippen LogP contribution in [0.25, 0.3) is 10.1 Å². The number of amides is 1. The first-order valence-electron chi connectivity index (χ1n) is 6.61. The number of benzene rings is 1. The van der Waals surface area contributed by atoms with E-state index in [1.54, 1.807) is 24.5 Å². The molecule has 2 aromatic heterocycles. The standard InChI is InChI=1S/C16H13ClN2OS/c1-2-10-5-6-12-13(8-10)21-15(14(12)17)16(20)19-11-4-3-7-18-9-11/h3-9H,2H2,1H3,(H,19,20). The van der Waals surface area contributed by atoms with E-state index in [1.807, 2.05) is 12.1 Å². The van der Waals surface area contributed by atoms with Crippen LogP contribution in [0.4, 0.5) is 5.69 Å². The predicted octanol–water partition coefficient (Wildman–Crippen LogP) is 4.76. The van der Waals surface area contributed by atoms with E-state index in [-0.39, 0.29) is 5.91 Å². The van der Waals surface area contributed by atoms with Crippen LogP contribution in [0.5, 0.6) is 0 Å². The largest absolute Gasteiger partial charge is 0.320 e. The van der Waals surface area contributed by atoms with Gasteiger partial charge in [-0.3, -0.25) is 9.78 Å². The van der Waals surface area contributed by atoms with E-state index in [1.165, 1.54) is 16.9 Å². The average Bonchev–Trinajstić information content (AvgIpc) is 2.85. The minimum Gasteiger partial charge on any atom is -0.320 e. The molecule has 5 heteroatoms. The molecule has 106 valence electrons. The monoisotopic (exact) mass is 316 g/mol. The normalized spacial score (nSPS) is 10.8. The van der Waals surface area contributed by atoms with Gasteiger partial charge in [0.05, 0.1) is 16.9 Å². The number of halogens is 1. The van der Waals surface area contributed by atoms with Crippen molar-refractivity contribution in [2.24, 2.45) is 0 Å². The van der Waals surface area contributed by atoms with Gasteiger partial charge in [-0.15, -0.1) is 11.3 Å². The Morgan fingerprint density at radius 2 is 2.24 bits per heavy atom. The summed E-state index contributed by atoms with van der Waals surface area (Å²) in [6, 6.07) is 9.68. The fraction of sp³-hybridized carbons (Fsp3) is 0.125. The van der Waals surface area contributed by atoms with Crippen molar-refractivity contribution in [3.63, 3.8) is 0 Å². The van der Waals surface area contributed by atoms with Gasteiger partial charge in [0.1, 0.15) is 4.88 Å². The Bertz CT molecular complexity index is 799. The number of carbonyl (C=O) groups excluding carboxylic acids is 1. The number of carbonyl (C=O) groups is 1. The fourth-order valence-corrected chi connectivity index (χ4v) is 3.58. The maximum Gasteiger partial charge on any atom is 0.267 e. The molecule has 0 saturated carbocycles. The van der Waals surface area contributed by atoms with Crippen molar-refractivity contribution >= 4 is 44.6 Å². The van der Waals surface area contributed by atoms with Gasteiger partial charge < -0.3 is 5.32 Å². The molecule has 3 nitrogen and oxygen atoms in total. The molecule has 1 aromatic carbocycles. The Hall–Kier alpha value is -1.91. The molecule has 0 radical (unpaired) electrons. The van der Waals surface area contributed by atoms with E-state index < -0.39 is 0 Å². The highest BCUT2D eigenvalue weighted by atomic mass is 35.5. The number of pyridine rings is 1. The second-order valence-electron chi connectivity index (χ2n) is 4.63. The molecule has 2 heterocycles. The fourth-order valence-electron chi connectivity index (χ4n) is 2.10. The SMILES string of the molecule is CCc1ccc2c(Cl)c(C(=O)Nc3cccnc3)sc2c1. The Labute approximate surface area is 131 Å². The summed E-state index contributed by atoms with van der Waals surface area (Å²) in [4.78, 5) is 16.9. The van der Waals surface area contributed by atoms with Crippen molar-refractivity contribution in [2.45, 2.75) is 13.3 Å². The molecule has 0 unspecified atom stereocenters. The van der Waals surface area contributed by atoms with Crippen molar-refractivity contribution < 1.29 is 4.79 Å². The number of thiophene rings is 1. The summed E-state index contributed by atoms with van der Waals surface area (Å²) < 4.78 is 1.04. The highest BCUT2D eigenvalue weighted by molar-refractivity contribution is 7.21. The summed E-state index contributed by atoms with van der Waals surface area (Å²) in [5, 5.41) is 4.25. The molecular formula is C16H13ClN2OS. The molecule has 0 aliphatic rings. The number of nitrogens with one attached hydrogen (secondary N) is 1. The molecular weight excluding hydrogens is 304 g/mol. The van der Waals surface area contributed by atoms with Gasteiger partial charge in [-0.1, -0.05) is 30.7 Å². The average molecular weight is 317 g/mol. The molecule has 0 aliphatic heterocycles. The van der Waals surface area contributed by atoms with Gasteiger partial charge in [0.25, 0.3) is 5.91 Å². The summed E-state index contributed by atoms with van der Waals surface area (Å²) in [5.74, 6) is -0.202. The number of aryl methyl sites for hydroxylation is 1. The van der Waals surface area contributed by atoms with Crippen molar-refractivity contribution in [3.05, 3.63) is 58.2 Å². The number of hydrogen-bond donors (Lipinski definition) is 1. The lowest BCUT2D eigenvalue weighted by Gasteiger charge is -2.02. The van der Waals surface area contributed by atoms with Gasteiger partial charge in [0.2, 0.25) is 0 Å². The first-order chi connectivity index (χ1) is 10.2. The second kappa shape index (κ2) is 5.84. The zero-order chi connectivity index (χ0) is 14.8. The Kier molecular flexibility index (Phi) is 3.90. The minimum absolute atomic E-state index is 0.202. The van der Waals surface area contributed by atoms with Crippen molar-refractivity contribution in [1.29, 1.82) is 0 Å². The summed E-state index contributed by atoms with van der Waals surface area (Å²) in [6.45, 7) is 2.10. The number of nitrogens with zero attached hydrogens (tertiary/aromatic N) is 1.